The SMILES string of the molecule is CC(NC(=O)C1(c2cccc(F)c2)CCCC1)c1ccc(F)cc1. The van der Waals surface area contributed by atoms with Gasteiger partial charge in [-0.2, -0.15) is 0 Å². The molecule has 1 saturated carbocycles. The summed E-state index contributed by atoms with van der Waals surface area (Å²) < 4.78 is 26.7. The van der Waals surface area contributed by atoms with Gasteiger partial charge in [-0.3, -0.25) is 4.79 Å². The van der Waals surface area contributed by atoms with E-state index in [0.717, 1.165) is 36.8 Å². The highest BCUT2D eigenvalue weighted by atomic mass is 19.1. The van der Waals surface area contributed by atoms with Gasteiger partial charge < -0.3 is 5.32 Å². The Balaban J connectivity index is 1.84. The molecule has 1 aliphatic rings. The molecule has 1 fully saturated rings. The molecule has 0 radical (unpaired) electrons. The van der Waals surface area contributed by atoms with E-state index in [0.29, 0.717) is 0 Å². The molecule has 1 amide bonds. The largest absolute Gasteiger partial charge is 0.349 e. The van der Waals surface area contributed by atoms with Gasteiger partial charge >= 0.3 is 0 Å². The van der Waals surface area contributed by atoms with Crippen molar-refractivity contribution < 1.29 is 13.6 Å². The maximum atomic E-state index is 13.7. The van der Waals surface area contributed by atoms with Gasteiger partial charge in [0, 0.05) is 0 Å². The van der Waals surface area contributed by atoms with Crippen molar-refractivity contribution in [3.8, 4) is 0 Å². The highest BCUT2D eigenvalue weighted by Gasteiger charge is 2.43. The summed E-state index contributed by atoms with van der Waals surface area (Å²) in [5.74, 6) is -0.704. The van der Waals surface area contributed by atoms with Crippen LogP contribution in [0.5, 0.6) is 0 Å². The van der Waals surface area contributed by atoms with Crippen molar-refractivity contribution in [1.29, 1.82) is 0 Å². The lowest BCUT2D eigenvalue weighted by Gasteiger charge is -2.30. The van der Waals surface area contributed by atoms with Gasteiger partial charge in [0.2, 0.25) is 5.91 Å². The van der Waals surface area contributed by atoms with Crippen molar-refractivity contribution in [1.82, 2.24) is 5.32 Å². The van der Waals surface area contributed by atoms with E-state index in [1.54, 1.807) is 18.2 Å². The maximum Gasteiger partial charge on any atom is 0.231 e. The third-order valence-corrected chi connectivity index (χ3v) is 4.99. The first kappa shape index (κ1) is 16.6. The molecule has 1 atom stereocenters. The van der Waals surface area contributed by atoms with Crippen molar-refractivity contribution in [3.05, 3.63) is 71.3 Å². The second-order valence-corrected chi connectivity index (χ2v) is 6.55. The lowest BCUT2D eigenvalue weighted by Crippen LogP contribution is -2.43. The maximum absolute atomic E-state index is 13.7. The van der Waals surface area contributed by atoms with E-state index in [2.05, 4.69) is 5.32 Å². The number of benzene rings is 2. The van der Waals surface area contributed by atoms with Crippen molar-refractivity contribution in [3.63, 3.8) is 0 Å². The first-order chi connectivity index (χ1) is 11.5. The lowest BCUT2D eigenvalue weighted by molar-refractivity contribution is -0.127. The Hall–Kier alpha value is -2.23. The Morgan fingerprint density at radius 1 is 1.04 bits per heavy atom. The minimum atomic E-state index is -0.670. The predicted octanol–water partition coefficient (Wildman–Crippen LogP) is 4.65. The van der Waals surface area contributed by atoms with Crippen molar-refractivity contribution in [2.45, 2.75) is 44.1 Å². The van der Waals surface area contributed by atoms with Crippen LogP contribution >= 0.6 is 0 Å². The van der Waals surface area contributed by atoms with E-state index in [9.17, 15) is 13.6 Å². The number of amides is 1. The molecule has 126 valence electrons. The molecule has 0 aliphatic heterocycles. The van der Waals surface area contributed by atoms with Crippen LogP contribution in [0.15, 0.2) is 48.5 Å². The van der Waals surface area contributed by atoms with Gasteiger partial charge in [0.25, 0.3) is 0 Å². The van der Waals surface area contributed by atoms with Crippen LogP contribution in [-0.4, -0.2) is 5.91 Å². The number of nitrogens with one attached hydrogen (secondary N) is 1. The highest BCUT2D eigenvalue weighted by Crippen LogP contribution is 2.42. The first-order valence-electron chi connectivity index (χ1n) is 8.34. The van der Waals surface area contributed by atoms with Crippen LogP contribution in [0.3, 0.4) is 0 Å². The van der Waals surface area contributed by atoms with E-state index >= 15 is 0 Å². The molecule has 4 heteroatoms. The normalized spacial score (nSPS) is 17.5. The van der Waals surface area contributed by atoms with E-state index in [-0.39, 0.29) is 23.6 Å². The summed E-state index contributed by atoms with van der Waals surface area (Å²) >= 11 is 0. The van der Waals surface area contributed by atoms with Gasteiger partial charge in [-0.05, 0) is 55.2 Å². The van der Waals surface area contributed by atoms with Gasteiger partial charge in [0.05, 0.1) is 11.5 Å². The molecule has 1 aliphatic carbocycles. The lowest BCUT2D eigenvalue weighted by atomic mass is 9.77. The van der Waals surface area contributed by atoms with Gasteiger partial charge in [0.1, 0.15) is 11.6 Å². The van der Waals surface area contributed by atoms with Crippen LogP contribution < -0.4 is 5.32 Å². The number of rotatable bonds is 4. The van der Waals surface area contributed by atoms with Gasteiger partial charge in [0.15, 0.2) is 0 Å². The van der Waals surface area contributed by atoms with Crippen LogP contribution in [0.1, 0.15) is 49.8 Å². The van der Waals surface area contributed by atoms with Crippen LogP contribution in [0.4, 0.5) is 8.78 Å². The van der Waals surface area contributed by atoms with Crippen LogP contribution in [0.2, 0.25) is 0 Å². The van der Waals surface area contributed by atoms with Crippen molar-refractivity contribution in [2.75, 3.05) is 0 Å². The Bertz CT molecular complexity index is 721. The molecular weight excluding hydrogens is 308 g/mol. The molecule has 0 bridgehead atoms. The van der Waals surface area contributed by atoms with E-state index in [1.807, 2.05) is 13.0 Å². The average Bonchev–Trinajstić information content (AvgIpc) is 3.06. The fraction of sp³-hybridized carbons (Fsp3) is 0.350. The molecule has 0 spiro atoms. The summed E-state index contributed by atoms with van der Waals surface area (Å²) in [5.41, 5.74) is 0.914. The fourth-order valence-electron chi connectivity index (χ4n) is 3.58. The Labute approximate surface area is 140 Å². The smallest absolute Gasteiger partial charge is 0.231 e. The zero-order chi connectivity index (χ0) is 17.2. The Kier molecular flexibility index (Phi) is 4.65. The molecule has 2 aromatic rings. The molecule has 2 aromatic carbocycles. The fourth-order valence-corrected chi connectivity index (χ4v) is 3.58. The minimum absolute atomic E-state index is 0.0811. The highest BCUT2D eigenvalue weighted by molar-refractivity contribution is 5.89. The van der Waals surface area contributed by atoms with Gasteiger partial charge in [-0.15, -0.1) is 0 Å². The predicted molar refractivity (Wildman–Crippen MR) is 89.5 cm³/mol. The quantitative estimate of drug-likeness (QED) is 0.869. The van der Waals surface area contributed by atoms with Gasteiger partial charge in [-0.25, -0.2) is 8.78 Å². The van der Waals surface area contributed by atoms with Crippen LogP contribution in [0.25, 0.3) is 0 Å². The molecule has 3 rings (SSSR count). The Morgan fingerprint density at radius 2 is 1.71 bits per heavy atom. The Morgan fingerprint density at radius 3 is 2.33 bits per heavy atom. The summed E-state index contributed by atoms with van der Waals surface area (Å²) in [6.07, 6.45) is 3.35. The van der Waals surface area contributed by atoms with E-state index in [1.165, 1.54) is 24.3 Å². The third kappa shape index (κ3) is 3.18. The number of halogens is 2. The second kappa shape index (κ2) is 6.71. The summed E-state index contributed by atoms with van der Waals surface area (Å²) in [4.78, 5) is 13.0. The topological polar surface area (TPSA) is 29.1 Å². The minimum Gasteiger partial charge on any atom is -0.349 e. The van der Waals surface area contributed by atoms with E-state index < -0.39 is 5.41 Å². The standard InChI is InChI=1S/C20H21F2NO/c1-14(15-7-9-17(21)10-8-15)23-19(24)20(11-2-3-12-20)16-5-4-6-18(22)13-16/h4-10,13-14H,2-3,11-12H2,1H3,(H,23,24). The molecule has 0 aromatic heterocycles. The zero-order valence-electron chi connectivity index (χ0n) is 13.7. The zero-order valence-corrected chi connectivity index (χ0v) is 13.7. The van der Waals surface area contributed by atoms with Crippen LogP contribution in [0, 0.1) is 11.6 Å². The van der Waals surface area contributed by atoms with Crippen molar-refractivity contribution >= 4 is 5.91 Å². The second-order valence-electron chi connectivity index (χ2n) is 6.55. The molecule has 0 heterocycles. The number of hydrogen-bond donors (Lipinski definition) is 1. The molecule has 1 unspecified atom stereocenters. The summed E-state index contributed by atoms with van der Waals surface area (Å²) in [5, 5.41) is 3.03. The summed E-state index contributed by atoms with van der Waals surface area (Å²) in [6, 6.07) is 12.2. The number of hydrogen-bond acceptors (Lipinski definition) is 1. The summed E-state index contributed by atoms with van der Waals surface area (Å²) in [6.45, 7) is 1.87. The number of carbonyl (C=O) groups excluding carboxylic acids is 1. The molecular formula is C20H21F2NO. The molecule has 1 N–H and O–H groups in total. The molecule has 2 nitrogen and oxygen atoms in total. The molecule has 0 saturated heterocycles. The number of carbonyl (C=O) groups is 1. The van der Waals surface area contributed by atoms with Crippen molar-refractivity contribution in [2.24, 2.45) is 0 Å². The summed E-state index contributed by atoms with van der Waals surface area (Å²) in [7, 11) is 0. The molecule has 24 heavy (non-hydrogen) atoms. The first-order valence-corrected chi connectivity index (χ1v) is 8.34. The van der Waals surface area contributed by atoms with E-state index in [4.69, 9.17) is 0 Å². The average molecular weight is 329 g/mol. The van der Waals surface area contributed by atoms with Gasteiger partial charge in [-0.1, -0.05) is 37.1 Å². The third-order valence-electron chi connectivity index (χ3n) is 4.99. The van der Waals surface area contributed by atoms with Crippen LogP contribution in [-0.2, 0) is 10.2 Å². The monoisotopic (exact) mass is 329 g/mol.